The summed E-state index contributed by atoms with van der Waals surface area (Å²) < 4.78 is 2.07. The quantitative estimate of drug-likeness (QED) is 0.561. The average molecular weight is 396 g/mol. The third-order valence-electron chi connectivity index (χ3n) is 5.80. The molecule has 1 aliphatic rings. The molecule has 30 heavy (non-hydrogen) atoms. The molecule has 1 aromatic carbocycles. The van der Waals surface area contributed by atoms with Gasteiger partial charge in [-0.1, -0.05) is 30.3 Å². The Balaban J connectivity index is 1.37. The number of rotatable bonds is 5. The van der Waals surface area contributed by atoms with Crippen LogP contribution in [0.5, 0.6) is 0 Å². The number of aromatic amines is 1. The Bertz CT molecular complexity index is 1240. The summed E-state index contributed by atoms with van der Waals surface area (Å²) in [4.78, 5) is 26.3. The van der Waals surface area contributed by atoms with Gasteiger partial charge in [0.2, 0.25) is 5.91 Å². The molecule has 0 unspecified atom stereocenters. The van der Waals surface area contributed by atoms with E-state index in [0.29, 0.717) is 25.9 Å². The van der Waals surface area contributed by atoms with E-state index in [4.69, 9.17) is 0 Å². The third-order valence-corrected chi connectivity index (χ3v) is 5.80. The van der Waals surface area contributed by atoms with Gasteiger partial charge >= 0.3 is 0 Å². The number of nitrogens with zero attached hydrogens (tertiary/aromatic N) is 5. The molecule has 5 rings (SSSR count). The number of benzene rings is 1. The van der Waals surface area contributed by atoms with E-state index in [1.807, 2.05) is 66.0 Å². The Kier molecular flexibility index (Phi) is 4.32. The van der Waals surface area contributed by atoms with E-state index >= 15 is 0 Å². The zero-order valence-electron chi connectivity index (χ0n) is 16.3. The maximum Gasteiger partial charge on any atom is 0.227 e. The molecule has 7 nitrogen and oxygen atoms in total. The van der Waals surface area contributed by atoms with Crippen LogP contribution >= 0.6 is 0 Å². The average Bonchev–Trinajstić information content (AvgIpc) is 3.40. The summed E-state index contributed by atoms with van der Waals surface area (Å²) in [6.07, 6.45) is 8.12. The first-order valence-corrected chi connectivity index (χ1v) is 9.84. The maximum absolute atomic E-state index is 12.7. The lowest BCUT2D eigenvalue weighted by atomic mass is 9.86. The van der Waals surface area contributed by atoms with Gasteiger partial charge in [0, 0.05) is 42.6 Å². The maximum atomic E-state index is 12.7. The molecular formula is C23H20N6O. The van der Waals surface area contributed by atoms with E-state index in [1.54, 1.807) is 6.33 Å². The summed E-state index contributed by atoms with van der Waals surface area (Å²) >= 11 is 0. The van der Waals surface area contributed by atoms with Gasteiger partial charge in [-0.3, -0.25) is 4.79 Å². The number of carbonyl (C=O) groups is 1. The Labute approximate surface area is 173 Å². The smallest absolute Gasteiger partial charge is 0.227 e. The Hall–Kier alpha value is -3.92. The summed E-state index contributed by atoms with van der Waals surface area (Å²) in [5, 5.41) is 10.4. The first kappa shape index (κ1) is 18.1. The van der Waals surface area contributed by atoms with Crippen LogP contribution in [0, 0.1) is 11.3 Å². The van der Waals surface area contributed by atoms with Crippen LogP contribution in [0.1, 0.15) is 12.0 Å². The summed E-state index contributed by atoms with van der Waals surface area (Å²) in [5.74, 6) is 0.0898. The second kappa shape index (κ2) is 7.16. The fraction of sp³-hybridized carbons (Fsp3) is 0.217. The molecule has 1 fully saturated rings. The first-order valence-electron chi connectivity index (χ1n) is 9.84. The van der Waals surface area contributed by atoms with Crippen molar-refractivity contribution in [1.29, 1.82) is 5.26 Å². The van der Waals surface area contributed by atoms with Crippen molar-refractivity contribution in [1.82, 2.24) is 24.4 Å². The Morgan fingerprint density at radius 3 is 2.80 bits per heavy atom. The molecule has 0 spiro atoms. The third kappa shape index (κ3) is 3.03. The van der Waals surface area contributed by atoms with E-state index in [2.05, 4.69) is 25.6 Å². The van der Waals surface area contributed by atoms with E-state index in [-0.39, 0.29) is 5.91 Å². The summed E-state index contributed by atoms with van der Waals surface area (Å²) in [6, 6.07) is 16.0. The number of hydrogen-bond donors (Lipinski definition) is 1. The highest BCUT2D eigenvalue weighted by Crippen LogP contribution is 2.35. The number of hydrogen-bond acceptors (Lipinski definition) is 4. The highest BCUT2D eigenvalue weighted by molar-refractivity contribution is 5.90. The Morgan fingerprint density at radius 2 is 2.00 bits per heavy atom. The van der Waals surface area contributed by atoms with Gasteiger partial charge in [-0.2, -0.15) is 5.26 Å². The molecule has 7 heteroatoms. The second-order valence-electron chi connectivity index (χ2n) is 7.74. The lowest BCUT2D eigenvalue weighted by Crippen LogP contribution is -2.64. The van der Waals surface area contributed by atoms with Gasteiger partial charge in [0.15, 0.2) is 0 Å². The number of fused-ring (bicyclic) bond motifs is 1. The lowest BCUT2D eigenvalue weighted by molar-refractivity contribution is -0.141. The van der Waals surface area contributed by atoms with Gasteiger partial charge < -0.3 is 14.5 Å². The van der Waals surface area contributed by atoms with Crippen LogP contribution < -0.4 is 0 Å². The summed E-state index contributed by atoms with van der Waals surface area (Å²) in [6.45, 7) is 1.06. The van der Waals surface area contributed by atoms with Crippen LogP contribution in [0.2, 0.25) is 0 Å². The minimum Gasteiger partial charge on any atom is -0.346 e. The molecule has 148 valence electrons. The van der Waals surface area contributed by atoms with Crippen molar-refractivity contribution in [2.75, 3.05) is 13.1 Å². The van der Waals surface area contributed by atoms with Crippen LogP contribution in [0.25, 0.3) is 22.3 Å². The SMILES string of the molecule is N#CCC1(n2ccc(-c3ncnc4[nH]ccc34)c2)CN(C(=O)Cc2ccccc2)C1. The molecule has 1 saturated heterocycles. The normalized spacial score (nSPS) is 15.0. The number of nitrogens with one attached hydrogen (secondary N) is 1. The predicted octanol–water partition coefficient (Wildman–Crippen LogP) is 3.12. The molecule has 3 aromatic heterocycles. The number of amides is 1. The number of likely N-dealkylation sites (tertiary alicyclic amines) is 1. The van der Waals surface area contributed by atoms with Crippen molar-refractivity contribution < 1.29 is 4.79 Å². The predicted molar refractivity (Wildman–Crippen MR) is 112 cm³/mol. The summed E-state index contributed by atoms with van der Waals surface area (Å²) in [7, 11) is 0. The zero-order chi connectivity index (χ0) is 20.6. The number of aromatic nitrogens is 4. The van der Waals surface area contributed by atoms with Crippen molar-refractivity contribution in [2.24, 2.45) is 0 Å². The molecule has 4 aromatic rings. The fourth-order valence-electron chi connectivity index (χ4n) is 4.17. The molecule has 4 heterocycles. The fourth-order valence-corrected chi connectivity index (χ4v) is 4.17. The molecule has 0 bridgehead atoms. The van der Waals surface area contributed by atoms with Crippen LogP contribution in [-0.4, -0.2) is 43.4 Å². The van der Waals surface area contributed by atoms with Gasteiger partial charge in [0.25, 0.3) is 0 Å². The van der Waals surface area contributed by atoms with Crippen LogP contribution in [0.3, 0.4) is 0 Å². The van der Waals surface area contributed by atoms with Crippen LogP contribution in [-0.2, 0) is 16.8 Å². The highest BCUT2D eigenvalue weighted by atomic mass is 16.2. The number of H-pyrrole nitrogens is 1. The number of nitriles is 1. The molecule has 1 aliphatic heterocycles. The largest absolute Gasteiger partial charge is 0.346 e. The molecule has 1 amide bonds. The van der Waals surface area contributed by atoms with Gasteiger partial charge in [-0.15, -0.1) is 0 Å². The van der Waals surface area contributed by atoms with Gasteiger partial charge in [-0.25, -0.2) is 9.97 Å². The van der Waals surface area contributed by atoms with Crippen molar-refractivity contribution in [3.8, 4) is 17.3 Å². The minimum absolute atomic E-state index is 0.0898. The molecule has 1 N–H and O–H groups in total. The highest BCUT2D eigenvalue weighted by Gasteiger charge is 2.46. The van der Waals surface area contributed by atoms with Crippen LogP contribution in [0.15, 0.2) is 67.4 Å². The first-order chi connectivity index (χ1) is 14.7. The van der Waals surface area contributed by atoms with E-state index in [0.717, 1.165) is 27.9 Å². The topological polar surface area (TPSA) is 90.6 Å². The lowest BCUT2D eigenvalue weighted by Gasteiger charge is -2.50. The van der Waals surface area contributed by atoms with Crippen molar-refractivity contribution in [3.05, 3.63) is 72.9 Å². The van der Waals surface area contributed by atoms with Crippen molar-refractivity contribution in [2.45, 2.75) is 18.4 Å². The van der Waals surface area contributed by atoms with E-state index in [1.165, 1.54) is 0 Å². The zero-order valence-corrected chi connectivity index (χ0v) is 16.3. The molecule has 0 aliphatic carbocycles. The van der Waals surface area contributed by atoms with Crippen molar-refractivity contribution >= 4 is 16.9 Å². The molecule has 0 radical (unpaired) electrons. The van der Waals surface area contributed by atoms with E-state index in [9.17, 15) is 10.1 Å². The van der Waals surface area contributed by atoms with Gasteiger partial charge in [0.05, 0.1) is 30.1 Å². The number of carbonyl (C=O) groups excluding carboxylic acids is 1. The van der Waals surface area contributed by atoms with Gasteiger partial charge in [0.1, 0.15) is 12.0 Å². The molecule has 0 saturated carbocycles. The molecule has 0 atom stereocenters. The molecular weight excluding hydrogens is 376 g/mol. The summed E-state index contributed by atoms with van der Waals surface area (Å²) in [5.41, 5.74) is 3.21. The van der Waals surface area contributed by atoms with Gasteiger partial charge in [-0.05, 0) is 17.7 Å². The standard InChI is InChI=1S/C23H20N6O/c24-9-8-23(14-28(15-23)20(30)12-17-4-2-1-3-5-17)29-11-7-18(13-29)21-19-6-10-25-22(19)27-16-26-21/h1-7,10-11,13,16H,8,12,14-15H2,(H,25,26,27). The van der Waals surface area contributed by atoms with Crippen LogP contribution in [0.4, 0.5) is 0 Å². The van der Waals surface area contributed by atoms with E-state index < -0.39 is 5.54 Å². The Morgan fingerprint density at radius 1 is 1.17 bits per heavy atom. The monoisotopic (exact) mass is 396 g/mol. The second-order valence-corrected chi connectivity index (χ2v) is 7.74. The minimum atomic E-state index is -0.399. The van der Waals surface area contributed by atoms with Crippen molar-refractivity contribution in [3.63, 3.8) is 0 Å².